The minimum atomic E-state index is -3.84. The zero-order chi connectivity index (χ0) is 21.7. The van der Waals surface area contributed by atoms with E-state index in [1.54, 1.807) is 49.5 Å². The van der Waals surface area contributed by atoms with E-state index in [-0.39, 0.29) is 35.8 Å². The van der Waals surface area contributed by atoms with E-state index in [0.29, 0.717) is 5.56 Å². The lowest BCUT2D eigenvalue weighted by atomic mass is 9.95. The highest BCUT2D eigenvalue weighted by molar-refractivity contribution is 9.10. The van der Waals surface area contributed by atoms with E-state index in [1.807, 2.05) is 0 Å². The van der Waals surface area contributed by atoms with Crippen molar-refractivity contribution in [2.24, 2.45) is 0 Å². The van der Waals surface area contributed by atoms with Gasteiger partial charge in [-0.3, -0.25) is 4.79 Å². The molecule has 0 bridgehead atoms. The fraction of sp³-hybridized carbons (Fsp3) is 0.409. The number of amides is 1. The average molecular weight is 497 g/mol. The standard InChI is InChI=1S/C22H26BrFN2O3S/c1-25(15-17-7-5-6-10-21(17)24)22(27)16-26(19-8-3-2-4-9-19)30(28,29)20-13-11-18(23)12-14-20/h5-7,10-14,19H,2-4,8-9,15-16H2,1H3. The molecule has 0 N–H and O–H groups in total. The molecule has 2 aromatic rings. The Hall–Kier alpha value is -1.77. The predicted octanol–water partition coefficient (Wildman–Crippen LogP) is 4.57. The summed E-state index contributed by atoms with van der Waals surface area (Å²) in [6.07, 6.45) is 4.43. The summed E-state index contributed by atoms with van der Waals surface area (Å²) in [5.41, 5.74) is 0.397. The number of hydrogen-bond acceptors (Lipinski definition) is 3. The van der Waals surface area contributed by atoms with Gasteiger partial charge in [-0.25, -0.2) is 12.8 Å². The van der Waals surface area contributed by atoms with Gasteiger partial charge in [-0.05, 0) is 43.2 Å². The lowest BCUT2D eigenvalue weighted by molar-refractivity contribution is -0.131. The molecule has 0 radical (unpaired) electrons. The van der Waals surface area contributed by atoms with E-state index in [9.17, 15) is 17.6 Å². The molecule has 1 saturated carbocycles. The van der Waals surface area contributed by atoms with Crippen LogP contribution in [0.15, 0.2) is 57.9 Å². The molecule has 3 rings (SSSR count). The molecule has 0 unspecified atom stereocenters. The van der Waals surface area contributed by atoms with Crippen LogP contribution in [0, 0.1) is 5.82 Å². The average Bonchev–Trinajstić information content (AvgIpc) is 2.74. The SMILES string of the molecule is CN(Cc1ccccc1F)C(=O)CN(C1CCCCC1)S(=O)(=O)c1ccc(Br)cc1. The van der Waals surface area contributed by atoms with Crippen LogP contribution < -0.4 is 0 Å². The molecular formula is C22H26BrFN2O3S. The Bertz CT molecular complexity index is 976. The molecule has 0 saturated heterocycles. The van der Waals surface area contributed by atoms with Crippen LogP contribution in [0.4, 0.5) is 4.39 Å². The Labute approximate surface area is 186 Å². The summed E-state index contributed by atoms with van der Waals surface area (Å²) in [5, 5.41) is 0. The Morgan fingerprint density at radius 1 is 1.07 bits per heavy atom. The molecule has 30 heavy (non-hydrogen) atoms. The van der Waals surface area contributed by atoms with Crippen molar-refractivity contribution in [2.75, 3.05) is 13.6 Å². The second-order valence-corrected chi connectivity index (χ2v) is 10.4. The highest BCUT2D eigenvalue weighted by atomic mass is 79.9. The van der Waals surface area contributed by atoms with Crippen LogP contribution in [-0.4, -0.2) is 43.2 Å². The van der Waals surface area contributed by atoms with Gasteiger partial charge in [-0.2, -0.15) is 4.31 Å². The predicted molar refractivity (Wildman–Crippen MR) is 118 cm³/mol. The van der Waals surface area contributed by atoms with Gasteiger partial charge >= 0.3 is 0 Å². The van der Waals surface area contributed by atoms with E-state index in [1.165, 1.54) is 15.3 Å². The molecule has 162 valence electrons. The van der Waals surface area contributed by atoms with Crippen LogP contribution in [0.2, 0.25) is 0 Å². The number of carbonyl (C=O) groups is 1. The number of nitrogens with zero attached hydrogens (tertiary/aromatic N) is 2. The van der Waals surface area contributed by atoms with E-state index in [0.717, 1.165) is 36.6 Å². The molecule has 1 fully saturated rings. The van der Waals surface area contributed by atoms with Crippen molar-refractivity contribution in [2.45, 2.75) is 49.6 Å². The number of halogens is 2. The minimum Gasteiger partial charge on any atom is -0.340 e. The maximum atomic E-state index is 14.0. The van der Waals surface area contributed by atoms with Gasteiger partial charge in [-0.15, -0.1) is 0 Å². The summed E-state index contributed by atoms with van der Waals surface area (Å²) in [5.74, 6) is -0.742. The third-order valence-electron chi connectivity index (χ3n) is 5.48. The fourth-order valence-electron chi connectivity index (χ4n) is 3.75. The van der Waals surface area contributed by atoms with Crippen molar-refractivity contribution < 1.29 is 17.6 Å². The molecule has 1 amide bonds. The topological polar surface area (TPSA) is 57.7 Å². The first-order valence-electron chi connectivity index (χ1n) is 10.0. The van der Waals surface area contributed by atoms with Gasteiger partial charge in [0.2, 0.25) is 15.9 Å². The number of hydrogen-bond donors (Lipinski definition) is 0. The third kappa shape index (κ3) is 5.47. The van der Waals surface area contributed by atoms with Crippen LogP contribution in [0.3, 0.4) is 0 Å². The van der Waals surface area contributed by atoms with Gasteiger partial charge in [0.1, 0.15) is 5.82 Å². The molecular weight excluding hydrogens is 471 g/mol. The normalized spacial score (nSPS) is 15.3. The number of likely N-dealkylation sites (N-methyl/N-ethyl adjacent to an activating group) is 1. The Kier molecular flexibility index (Phi) is 7.65. The minimum absolute atomic E-state index is 0.0857. The van der Waals surface area contributed by atoms with Gasteiger partial charge in [0.25, 0.3) is 0 Å². The number of benzene rings is 2. The first kappa shape index (κ1) is 22.9. The number of rotatable bonds is 7. The van der Waals surface area contributed by atoms with Crippen LogP contribution in [0.5, 0.6) is 0 Å². The monoisotopic (exact) mass is 496 g/mol. The van der Waals surface area contributed by atoms with Gasteiger partial charge in [0, 0.05) is 29.7 Å². The van der Waals surface area contributed by atoms with Crippen LogP contribution in [0.25, 0.3) is 0 Å². The molecule has 0 aliphatic heterocycles. The third-order valence-corrected chi connectivity index (χ3v) is 7.93. The molecule has 1 aliphatic rings. The summed E-state index contributed by atoms with van der Waals surface area (Å²) in [7, 11) is -2.27. The lowest BCUT2D eigenvalue weighted by Crippen LogP contribution is -2.47. The lowest BCUT2D eigenvalue weighted by Gasteiger charge is -2.34. The quantitative estimate of drug-likeness (QED) is 0.563. The molecule has 0 atom stereocenters. The van der Waals surface area contributed by atoms with E-state index in [2.05, 4.69) is 15.9 Å². The Balaban J connectivity index is 1.82. The molecule has 2 aromatic carbocycles. The number of sulfonamides is 1. The van der Waals surface area contributed by atoms with Crippen molar-refractivity contribution in [3.8, 4) is 0 Å². The maximum Gasteiger partial charge on any atom is 0.243 e. The molecule has 0 spiro atoms. The zero-order valence-electron chi connectivity index (χ0n) is 16.9. The highest BCUT2D eigenvalue weighted by Crippen LogP contribution is 2.28. The summed E-state index contributed by atoms with van der Waals surface area (Å²) < 4.78 is 42.9. The largest absolute Gasteiger partial charge is 0.340 e. The van der Waals surface area contributed by atoms with Gasteiger partial charge in [0.15, 0.2) is 0 Å². The van der Waals surface area contributed by atoms with Crippen molar-refractivity contribution in [1.82, 2.24) is 9.21 Å². The summed E-state index contributed by atoms with van der Waals surface area (Å²) in [4.78, 5) is 14.5. The number of carbonyl (C=O) groups excluding carboxylic acids is 1. The van der Waals surface area contributed by atoms with Crippen molar-refractivity contribution >= 4 is 31.9 Å². The summed E-state index contributed by atoms with van der Waals surface area (Å²) in [6, 6.07) is 12.5. The van der Waals surface area contributed by atoms with Crippen molar-refractivity contribution in [1.29, 1.82) is 0 Å². The molecule has 1 aliphatic carbocycles. The maximum absolute atomic E-state index is 14.0. The van der Waals surface area contributed by atoms with Crippen LogP contribution in [-0.2, 0) is 21.4 Å². The van der Waals surface area contributed by atoms with E-state index < -0.39 is 10.0 Å². The van der Waals surface area contributed by atoms with Gasteiger partial charge in [-0.1, -0.05) is 53.4 Å². The van der Waals surface area contributed by atoms with Crippen molar-refractivity contribution in [3.63, 3.8) is 0 Å². The molecule has 5 nitrogen and oxygen atoms in total. The first-order chi connectivity index (χ1) is 14.3. The van der Waals surface area contributed by atoms with Crippen molar-refractivity contribution in [3.05, 3.63) is 64.4 Å². The van der Waals surface area contributed by atoms with Crippen LogP contribution >= 0.6 is 15.9 Å². The highest BCUT2D eigenvalue weighted by Gasteiger charge is 2.34. The summed E-state index contributed by atoms with van der Waals surface area (Å²) in [6.45, 7) is -0.170. The van der Waals surface area contributed by atoms with Crippen LogP contribution in [0.1, 0.15) is 37.7 Å². The molecule has 8 heteroatoms. The van der Waals surface area contributed by atoms with E-state index in [4.69, 9.17) is 0 Å². The Morgan fingerprint density at radius 2 is 1.70 bits per heavy atom. The second-order valence-electron chi connectivity index (χ2n) is 7.64. The first-order valence-corrected chi connectivity index (χ1v) is 12.3. The van der Waals surface area contributed by atoms with E-state index >= 15 is 0 Å². The molecule has 0 aromatic heterocycles. The second kappa shape index (κ2) is 10.0. The van der Waals surface area contributed by atoms with Gasteiger partial charge in [0.05, 0.1) is 11.4 Å². The fourth-order valence-corrected chi connectivity index (χ4v) is 5.64. The molecule has 0 heterocycles. The summed E-state index contributed by atoms with van der Waals surface area (Å²) >= 11 is 3.32. The van der Waals surface area contributed by atoms with Gasteiger partial charge < -0.3 is 4.90 Å². The smallest absolute Gasteiger partial charge is 0.243 e. The zero-order valence-corrected chi connectivity index (χ0v) is 19.3. The Morgan fingerprint density at radius 3 is 2.33 bits per heavy atom.